The molecule has 206 valence electrons. The van der Waals surface area contributed by atoms with Gasteiger partial charge in [0.15, 0.2) is 0 Å². The Hall–Kier alpha value is -4.35. The SMILES string of the molecule is CN(C)C(=O)n1c(C(=O)NCCc2ccccn2)cc2c1c1ccccc1n2CC1CC1.O=C(O)C(F)(F)F. The molecule has 1 saturated carbocycles. The van der Waals surface area contributed by atoms with Crippen LogP contribution < -0.4 is 5.32 Å². The van der Waals surface area contributed by atoms with Crippen LogP contribution in [0.5, 0.6) is 0 Å². The number of aromatic nitrogens is 3. The first-order valence-electron chi connectivity index (χ1n) is 12.3. The van der Waals surface area contributed by atoms with Crippen molar-refractivity contribution in [2.24, 2.45) is 5.92 Å². The van der Waals surface area contributed by atoms with Crippen LogP contribution in [0, 0.1) is 5.92 Å². The maximum Gasteiger partial charge on any atom is 0.490 e. The molecule has 9 nitrogen and oxygen atoms in total. The molecule has 3 heterocycles. The van der Waals surface area contributed by atoms with E-state index in [4.69, 9.17) is 9.90 Å². The summed E-state index contributed by atoms with van der Waals surface area (Å²) in [6, 6.07) is 15.5. The normalized spacial score (nSPS) is 13.2. The Morgan fingerprint density at radius 2 is 1.74 bits per heavy atom. The lowest BCUT2D eigenvalue weighted by Crippen LogP contribution is -2.33. The number of rotatable bonds is 6. The number of carbonyl (C=O) groups is 3. The van der Waals surface area contributed by atoms with Gasteiger partial charge in [-0.05, 0) is 43.0 Å². The second-order valence-corrected chi connectivity index (χ2v) is 9.48. The van der Waals surface area contributed by atoms with Crippen molar-refractivity contribution in [2.45, 2.75) is 32.0 Å². The van der Waals surface area contributed by atoms with Crippen LogP contribution >= 0.6 is 0 Å². The lowest BCUT2D eigenvalue weighted by molar-refractivity contribution is -0.192. The van der Waals surface area contributed by atoms with Crippen molar-refractivity contribution in [1.82, 2.24) is 24.3 Å². The number of alkyl halides is 3. The van der Waals surface area contributed by atoms with Crippen molar-refractivity contribution in [2.75, 3.05) is 20.6 Å². The predicted octanol–water partition coefficient (Wildman–Crippen LogP) is 4.54. The zero-order chi connectivity index (χ0) is 28.3. The van der Waals surface area contributed by atoms with Gasteiger partial charge in [0.2, 0.25) is 0 Å². The summed E-state index contributed by atoms with van der Waals surface area (Å²) in [4.78, 5) is 41.1. The van der Waals surface area contributed by atoms with Gasteiger partial charge in [0.05, 0.1) is 16.6 Å². The molecule has 0 radical (unpaired) electrons. The molecule has 5 rings (SSSR count). The molecule has 1 fully saturated rings. The van der Waals surface area contributed by atoms with Crippen LogP contribution in [0.3, 0.4) is 0 Å². The molecule has 1 aromatic carbocycles. The maximum atomic E-state index is 13.2. The van der Waals surface area contributed by atoms with Gasteiger partial charge in [0.1, 0.15) is 5.69 Å². The number of amides is 2. The number of aliphatic carboxylic acids is 1. The fourth-order valence-electron chi connectivity index (χ4n) is 4.26. The number of carboxylic acids is 1. The van der Waals surface area contributed by atoms with Crippen molar-refractivity contribution < 1.29 is 32.7 Å². The van der Waals surface area contributed by atoms with Crippen LogP contribution in [0.2, 0.25) is 0 Å². The van der Waals surface area contributed by atoms with Crippen LogP contribution in [0.1, 0.15) is 29.0 Å². The monoisotopic (exact) mass is 543 g/mol. The van der Waals surface area contributed by atoms with E-state index in [1.165, 1.54) is 17.7 Å². The highest BCUT2D eigenvalue weighted by Gasteiger charge is 2.38. The minimum atomic E-state index is -5.08. The van der Waals surface area contributed by atoms with Gasteiger partial charge in [0, 0.05) is 50.9 Å². The van der Waals surface area contributed by atoms with Crippen LogP contribution in [0.4, 0.5) is 18.0 Å². The zero-order valence-corrected chi connectivity index (χ0v) is 21.4. The first-order chi connectivity index (χ1) is 18.5. The molecule has 0 saturated heterocycles. The summed E-state index contributed by atoms with van der Waals surface area (Å²) in [6.07, 6.45) is -0.252. The number of hydrogen-bond acceptors (Lipinski definition) is 4. The second-order valence-electron chi connectivity index (χ2n) is 9.48. The Bertz CT molecular complexity index is 1500. The smallest absolute Gasteiger partial charge is 0.475 e. The second kappa shape index (κ2) is 11.2. The Balaban J connectivity index is 0.000000448. The summed E-state index contributed by atoms with van der Waals surface area (Å²) in [5.41, 5.74) is 4.12. The van der Waals surface area contributed by atoms with Gasteiger partial charge in [-0.15, -0.1) is 0 Å². The van der Waals surface area contributed by atoms with E-state index in [0.717, 1.165) is 34.2 Å². The van der Waals surface area contributed by atoms with Gasteiger partial charge in [-0.1, -0.05) is 24.3 Å². The molecule has 0 bridgehead atoms. The van der Waals surface area contributed by atoms with E-state index in [1.54, 1.807) is 24.9 Å². The Labute approximate surface area is 221 Å². The molecule has 0 aliphatic heterocycles. The standard InChI is InChI=1S/C25H27N5O2.C2HF3O2/c1-28(2)25(32)30-22(24(31)27-14-12-18-7-5-6-13-26-18)15-21-23(30)19-8-3-4-9-20(19)29(21)16-17-10-11-17;3-2(4,5)1(6)7/h3-9,13,15,17H,10-12,14,16H2,1-2H3,(H,27,31);(H,6,7). The zero-order valence-electron chi connectivity index (χ0n) is 21.4. The molecule has 4 aromatic rings. The third-order valence-corrected chi connectivity index (χ3v) is 6.30. The predicted molar refractivity (Wildman–Crippen MR) is 139 cm³/mol. The van der Waals surface area contributed by atoms with Crippen molar-refractivity contribution >= 4 is 39.8 Å². The minimum Gasteiger partial charge on any atom is -0.475 e. The molecule has 2 N–H and O–H groups in total. The average Bonchev–Trinajstić information content (AvgIpc) is 3.56. The van der Waals surface area contributed by atoms with E-state index in [9.17, 15) is 22.8 Å². The lowest BCUT2D eigenvalue weighted by Gasteiger charge is -2.15. The summed E-state index contributed by atoms with van der Waals surface area (Å²) in [7, 11) is 3.42. The highest BCUT2D eigenvalue weighted by Crippen LogP contribution is 2.37. The van der Waals surface area contributed by atoms with Gasteiger partial charge in [-0.25, -0.2) is 9.59 Å². The van der Waals surface area contributed by atoms with Crippen molar-refractivity contribution in [3.63, 3.8) is 0 Å². The first kappa shape index (κ1) is 27.7. The van der Waals surface area contributed by atoms with Gasteiger partial charge < -0.3 is 19.9 Å². The molecule has 0 atom stereocenters. The van der Waals surface area contributed by atoms with Crippen LogP contribution in [-0.4, -0.2) is 68.8 Å². The number of nitrogens with one attached hydrogen (secondary N) is 1. The number of hydrogen-bond donors (Lipinski definition) is 2. The lowest BCUT2D eigenvalue weighted by atomic mass is 10.2. The van der Waals surface area contributed by atoms with Crippen molar-refractivity contribution in [1.29, 1.82) is 0 Å². The number of benzene rings is 1. The number of nitrogens with zero attached hydrogens (tertiary/aromatic N) is 4. The number of para-hydroxylation sites is 1. The number of carbonyl (C=O) groups excluding carboxylic acids is 2. The van der Waals surface area contributed by atoms with Gasteiger partial charge in [-0.2, -0.15) is 13.2 Å². The number of carboxylic acid groups (broad SMARTS) is 1. The van der Waals surface area contributed by atoms with E-state index in [-0.39, 0.29) is 11.9 Å². The van der Waals surface area contributed by atoms with Crippen LogP contribution in [-0.2, 0) is 17.8 Å². The summed E-state index contributed by atoms with van der Waals surface area (Å²) in [5, 5.41) is 11.1. The number of halogens is 3. The van der Waals surface area contributed by atoms with E-state index in [2.05, 4.69) is 20.9 Å². The molecule has 0 spiro atoms. The van der Waals surface area contributed by atoms with Gasteiger partial charge >= 0.3 is 18.2 Å². The van der Waals surface area contributed by atoms with E-state index >= 15 is 0 Å². The molecular formula is C27H28F3N5O4. The summed E-state index contributed by atoms with van der Waals surface area (Å²) < 4.78 is 35.6. The fourth-order valence-corrected chi connectivity index (χ4v) is 4.26. The molecule has 1 aliphatic carbocycles. The van der Waals surface area contributed by atoms with E-state index < -0.39 is 12.1 Å². The molecule has 0 unspecified atom stereocenters. The van der Waals surface area contributed by atoms with Gasteiger partial charge in [-0.3, -0.25) is 14.3 Å². The van der Waals surface area contributed by atoms with Crippen molar-refractivity contribution in [3.8, 4) is 0 Å². The largest absolute Gasteiger partial charge is 0.490 e. The highest BCUT2D eigenvalue weighted by atomic mass is 19.4. The van der Waals surface area contributed by atoms with E-state index in [0.29, 0.717) is 24.6 Å². The molecule has 3 aromatic heterocycles. The van der Waals surface area contributed by atoms with Crippen LogP contribution in [0.25, 0.3) is 21.9 Å². The quantitative estimate of drug-likeness (QED) is 0.371. The summed E-state index contributed by atoms with van der Waals surface area (Å²) in [6.45, 7) is 1.36. The molecule has 2 amide bonds. The molecule has 12 heteroatoms. The topological polar surface area (TPSA) is 109 Å². The molecule has 39 heavy (non-hydrogen) atoms. The molecular weight excluding hydrogens is 515 g/mol. The summed E-state index contributed by atoms with van der Waals surface area (Å²) >= 11 is 0. The van der Waals surface area contributed by atoms with E-state index in [1.807, 2.05) is 42.5 Å². The maximum absolute atomic E-state index is 13.2. The Kier molecular flexibility index (Phi) is 7.93. The summed E-state index contributed by atoms with van der Waals surface area (Å²) in [5.74, 6) is -2.35. The highest BCUT2D eigenvalue weighted by molar-refractivity contribution is 6.14. The Morgan fingerprint density at radius 3 is 2.33 bits per heavy atom. The van der Waals surface area contributed by atoms with Crippen LogP contribution in [0.15, 0.2) is 54.7 Å². The third-order valence-electron chi connectivity index (χ3n) is 6.30. The van der Waals surface area contributed by atoms with Crippen molar-refractivity contribution in [3.05, 3.63) is 66.1 Å². The average molecular weight is 544 g/mol. The fraction of sp³-hybridized carbons (Fsp3) is 0.333. The minimum absolute atomic E-state index is 0.232. The van der Waals surface area contributed by atoms with Gasteiger partial charge in [0.25, 0.3) is 5.91 Å². The third kappa shape index (κ3) is 6.21. The number of fused-ring (bicyclic) bond motifs is 3. The Morgan fingerprint density at radius 1 is 1.08 bits per heavy atom. The first-order valence-corrected chi connectivity index (χ1v) is 12.3. The number of pyridine rings is 1. The molecule has 1 aliphatic rings.